The van der Waals surface area contributed by atoms with Crippen LogP contribution in [0.1, 0.15) is 49.7 Å². The number of rotatable bonds is 13. The van der Waals surface area contributed by atoms with E-state index in [0.29, 0.717) is 63.1 Å². The molecule has 3 aromatic rings. The number of fused-ring (bicyclic) bond motifs is 1. The summed E-state index contributed by atoms with van der Waals surface area (Å²) >= 11 is 1.10. The van der Waals surface area contributed by atoms with E-state index in [1.54, 1.807) is 6.07 Å². The number of nitrogens with zero attached hydrogens (tertiary/aromatic N) is 1. The van der Waals surface area contributed by atoms with Crippen LogP contribution in [0, 0.1) is 11.6 Å². The van der Waals surface area contributed by atoms with Crippen LogP contribution in [0.5, 0.6) is 5.75 Å². The predicted molar refractivity (Wildman–Crippen MR) is 147 cm³/mol. The quantitative estimate of drug-likeness (QED) is 0.242. The second-order valence-electron chi connectivity index (χ2n) is 9.87. The molecule has 1 fully saturated rings. The summed E-state index contributed by atoms with van der Waals surface area (Å²) in [7, 11) is 0. The molecule has 0 unspecified atom stereocenters. The fourth-order valence-corrected chi connectivity index (χ4v) is 6.07. The van der Waals surface area contributed by atoms with Crippen molar-refractivity contribution in [2.45, 2.75) is 57.4 Å². The van der Waals surface area contributed by atoms with Crippen molar-refractivity contribution in [3.8, 4) is 5.75 Å². The van der Waals surface area contributed by atoms with Gasteiger partial charge in [-0.3, -0.25) is 9.59 Å². The van der Waals surface area contributed by atoms with E-state index in [-0.39, 0.29) is 22.6 Å². The van der Waals surface area contributed by atoms with Gasteiger partial charge in [-0.15, -0.1) is 0 Å². The normalized spacial score (nSPS) is 14.3. The highest BCUT2D eigenvalue weighted by Gasteiger charge is 2.24. The number of phenolic OH excluding ortho intramolecular Hbond substituents is 1. The molecule has 206 valence electrons. The van der Waals surface area contributed by atoms with Crippen LogP contribution in [0.4, 0.5) is 8.78 Å². The molecule has 38 heavy (non-hydrogen) atoms. The average molecular weight is 547 g/mol. The van der Waals surface area contributed by atoms with E-state index in [0.717, 1.165) is 53.3 Å². The summed E-state index contributed by atoms with van der Waals surface area (Å²) < 4.78 is 27.5. The van der Waals surface area contributed by atoms with Crippen LogP contribution in [0.2, 0.25) is 0 Å². The van der Waals surface area contributed by atoms with E-state index >= 15 is 0 Å². The monoisotopic (exact) mass is 546 g/mol. The summed E-state index contributed by atoms with van der Waals surface area (Å²) in [5.41, 5.74) is 2.08. The van der Waals surface area contributed by atoms with Crippen molar-refractivity contribution >= 4 is 27.5 Å². The van der Waals surface area contributed by atoms with Crippen molar-refractivity contribution in [3.05, 3.63) is 62.8 Å². The molecule has 1 aromatic heterocycles. The van der Waals surface area contributed by atoms with Crippen LogP contribution in [0.15, 0.2) is 35.1 Å². The Morgan fingerprint density at radius 3 is 2.47 bits per heavy atom. The Bertz CT molecular complexity index is 1250. The van der Waals surface area contributed by atoms with Gasteiger partial charge in [0.1, 0.15) is 22.9 Å². The molecule has 0 saturated heterocycles. The van der Waals surface area contributed by atoms with Crippen molar-refractivity contribution in [3.63, 3.8) is 0 Å². The second kappa shape index (κ2) is 13.8. The van der Waals surface area contributed by atoms with E-state index in [2.05, 4.69) is 15.6 Å². The molecule has 0 spiro atoms. The van der Waals surface area contributed by atoms with Crippen LogP contribution >= 0.6 is 11.3 Å². The Morgan fingerprint density at radius 1 is 1.00 bits per heavy atom. The highest BCUT2D eigenvalue weighted by Crippen LogP contribution is 2.28. The van der Waals surface area contributed by atoms with Gasteiger partial charge >= 0.3 is 4.87 Å². The molecule has 4 rings (SSSR count). The Kier molecular flexibility index (Phi) is 10.3. The van der Waals surface area contributed by atoms with Crippen LogP contribution in [-0.2, 0) is 17.6 Å². The van der Waals surface area contributed by atoms with Gasteiger partial charge in [-0.25, -0.2) is 8.78 Å². The molecule has 1 aliphatic rings. The highest BCUT2D eigenvalue weighted by atomic mass is 32.1. The van der Waals surface area contributed by atoms with Crippen LogP contribution in [0.3, 0.4) is 0 Å². The van der Waals surface area contributed by atoms with Crippen molar-refractivity contribution < 1.29 is 18.7 Å². The highest BCUT2D eigenvalue weighted by molar-refractivity contribution is 7.16. The van der Waals surface area contributed by atoms with E-state index in [9.17, 15) is 23.5 Å². The van der Waals surface area contributed by atoms with E-state index in [1.165, 1.54) is 18.6 Å². The van der Waals surface area contributed by atoms with Crippen LogP contribution in [-0.4, -0.2) is 59.7 Å². The van der Waals surface area contributed by atoms with Gasteiger partial charge in [-0.2, -0.15) is 0 Å². The van der Waals surface area contributed by atoms with Crippen molar-refractivity contribution in [2.75, 3.05) is 32.7 Å². The molecular weight excluding hydrogens is 510 g/mol. The molecule has 0 atom stereocenters. The molecule has 1 amide bonds. The minimum atomic E-state index is -0.579. The number of carbonyl (C=O) groups excluding carboxylic acids is 1. The number of aromatic nitrogens is 1. The smallest absolute Gasteiger partial charge is 0.305 e. The number of benzene rings is 2. The number of carbonyl (C=O) groups is 1. The molecule has 0 radical (unpaired) electrons. The average Bonchev–Trinajstić information content (AvgIpc) is 3.29. The minimum absolute atomic E-state index is 0.0778. The van der Waals surface area contributed by atoms with Gasteiger partial charge in [0.05, 0.1) is 4.70 Å². The molecule has 4 N–H and O–H groups in total. The number of halogens is 2. The van der Waals surface area contributed by atoms with Crippen molar-refractivity contribution in [2.24, 2.45) is 0 Å². The third-order valence-corrected chi connectivity index (χ3v) is 8.06. The van der Waals surface area contributed by atoms with Crippen LogP contribution < -0.4 is 15.5 Å². The summed E-state index contributed by atoms with van der Waals surface area (Å²) in [5, 5.41) is 16.6. The summed E-state index contributed by atoms with van der Waals surface area (Å²) in [5.74, 6) is -0.954. The summed E-state index contributed by atoms with van der Waals surface area (Å²) in [6.45, 7) is 3.06. The number of amides is 1. The van der Waals surface area contributed by atoms with Gasteiger partial charge in [0.25, 0.3) is 0 Å². The Labute approximate surface area is 225 Å². The summed E-state index contributed by atoms with van der Waals surface area (Å²) in [6, 6.07) is 7.24. The Hall–Kier alpha value is -2.82. The molecule has 7 nitrogen and oxygen atoms in total. The fourth-order valence-electron chi connectivity index (χ4n) is 5.17. The van der Waals surface area contributed by atoms with Gasteiger partial charge < -0.3 is 25.6 Å². The van der Waals surface area contributed by atoms with Gasteiger partial charge in [-0.05, 0) is 68.1 Å². The summed E-state index contributed by atoms with van der Waals surface area (Å²) in [6.07, 6.45) is 7.14. The maximum Gasteiger partial charge on any atom is 0.305 e. The number of hydrogen-bond donors (Lipinski definition) is 4. The lowest BCUT2D eigenvalue weighted by atomic mass is 9.94. The first-order chi connectivity index (χ1) is 18.4. The number of aromatic amines is 1. The fraction of sp³-hybridized carbons (Fsp3) is 0.500. The largest absolute Gasteiger partial charge is 0.506 e. The number of phenols is 1. The van der Waals surface area contributed by atoms with Gasteiger partial charge in [0.15, 0.2) is 0 Å². The molecule has 0 aliphatic heterocycles. The zero-order chi connectivity index (χ0) is 26.9. The van der Waals surface area contributed by atoms with E-state index in [1.807, 2.05) is 11.0 Å². The number of H-pyrrole nitrogens is 1. The zero-order valence-corrected chi connectivity index (χ0v) is 22.3. The van der Waals surface area contributed by atoms with Gasteiger partial charge in [0, 0.05) is 38.2 Å². The molecule has 2 aromatic carbocycles. The summed E-state index contributed by atoms with van der Waals surface area (Å²) in [4.78, 5) is 29.4. The van der Waals surface area contributed by atoms with E-state index < -0.39 is 11.6 Å². The maximum absolute atomic E-state index is 13.4. The Morgan fingerprint density at radius 2 is 1.71 bits per heavy atom. The maximum atomic E-state index is 13.4. The number of nitrogens with one attached hydrogen (secondary N) is 3. The Balaban J connectivity index is 1.22. The minimum Gasteiger partial charge on any atom is -0.506 e. The zero-order valence-electron chi connectivity index (χ0n) is 21.5. The standard InChI is InChI=1S/C28H36F2N4O3S/c29-21-16-19(17-22(30)18-21)8-11-31-13-10-25(36)34(23-4-2-1-3-5-23)15-14-32-12-9-20-6-7-24(35)26-27(20)38-28(37)33-26/h6-7,16-18,23,31-32,35H,1-5,8-15H2,(H,33,37). The lowest BCUT2D eigenvalue weighted by Crippen LogP contribution is -2.45. The first-order valence-electron chi connectivity index (χ1n) is 13.4. The van der Waals surface area contributed by atoms with Crippen molar-refractivity contribution in [1.29, 1.82) is 0 Å². The lowest BCUT2D eigenvalue weighted by Gasteiger charge is -2.34. The molecule has 1 aliphatic carbocycles. The van der Waals surface area contributed by atoms with Gasteiger partial charge in [-0.1, -0.05) is 36.7 Å². The topological polar surface area (TPSA) is 97.5 Å². The first kappa shape index (κ1) is 28.2. The van der Waals surface area contributed by atoms with Gasteiger partial charge in [0.2, 0.25) is 5.91 Å². The second-order valence-corrected chi connectivity index (χ2v) is 10.9. The third kappa shape index (κ3) is 7.85. The molecule has 1 saturated carbocycles. The number of thiazole rings is 1. The molecule has 1 heterocycles. The van der Waals surface area contributed by atoms with E-state index in [4.69, 9.17) is 0 Å². The number of hydrogen-bond acceptors (Lipinski definition) is 6. The number of aromatic hydroxyl groups is 1. The lowest BCUT2D eigenvalue weighted by molar-refractivity contribution is -0.134. The molecular formula is C28H36F2N4O3S. The van der Waals surface area contributed by atoms with Crippen LogP contribution in [0.25, 0.3) is 10.2 Å². The predicted octanol–water partition coefficient (Wildman–Crippen LogP) is 4.09. The molecule has 0 bridgehead atoms. The SMILES string of the molecule is O=C(CCNCCc1cc(F)cc(F)c1)N(CCNCCc1ccc(O)c2[nH]c(=O)sc12)C1CCCCC1. The first-order valence-corrected chi connectivity index (χ1v) is 14.2. The molecule has 10 heteroatoms. The third-order valence-electron chi connectivity index (χ3n) is 7.10. The van der Waals surface area contributed by atoms with Crippen molar-refractivity contribution in [1.82, 2.24) is 20.5 Å².